The zero-order chi connectivity index (χ0) is 17.0. The van der Waals surface area contributed by atoms with Gasteiger partial charge in [-0.2, -0.15) is 0 Å². The summed E-state index contributed by atoms with van der Waals surface area (Å²) in [6, 6.07) is 4.85. The van der Waals surface area contributed by atoms with Crippen molar-refractivity contribution in [3.63, 3.8) is 0 Å². The van der Waals surface area contributed by atoms with Gasteiger partial charge in [-0.15, -0.1) is 0 Å². The molecular weight excluding hydrogens is 292 g/mol. The van der Waals surface area contributed by atoms with Gasteiger partial charge in [-0.25, -0.2) is 4.99 Å². The molecule has 0 saturated carbocycles. The molecule has 7 nitrogen and oxygen atoms in total. The molecule has 1 aliphatic heterocycles. The normalized spacial score (nSPS) is 15.7. The minimum atomic E-state index is -0.463. The molecule has 6 N–H and O–H groups in total. The maximum Gasteiger partial charge on any atom is 0.260 e. The molecule has 0 radical (unpaired) electrons. The summed E-state index contributed by atoms with van der Waals surface area (Å²) in [5, 5.41) is 20.5. The predicted molar refractivity (Wildman–Crippen MR) is 93.2 cm³/mol. The Balaban J connectivity index is 2.30. The highest BCUT2D eigenvalue weighted by Gasteiger charge is 2.16. The van der Waals surface area contributed by atoms with Crippen molar-refractivity contribution in [2.75, 3.05) is 11.1 Å². The Labute approximate surface area is 134 Å². The van der Waals surface area contributed by atoms with Crippen LogP contribution in [0.25, 0.3) is 0 Å². The number of carbonyl (C=O) groups is 1. The second-order valence-electron chi connectivity index (χ2n) is 5.05. The maximum absolute atomic E-state index is 12.4. The van der Waals surface area contributed by atoms with Crippen molar-refractivity contribution >= 4 is 35.4 Å². The Hall–Kier alpha value is -3.22. The number of amides is 1. The zero-order valence-electron chi connectivity index (χ0n) is 12.9. The smallest absolute Gasteiger partial charge is 0.260 e. The van der Waals surface area contributed by atoms with Gasteiger partial charge in [-0.3, -0.25) is 4.79 Å². The van der Waals surface area contributed by atoms with Crippen molar-refractivity contribution in [1.29, 1.82) is 10.8 Å². The van der Waals surface area contributed by atoms with E-state index in [1.807, 2.05) is 19.9 Å². The summed E-state index contributed by atoms with van der Waals surface area (Å²) in [4.78, 5) is 16.7. The first-order chi connectivity index (χ1) is 10.9. The second-order valence-corrected chi connectivity index (χ2v) is 5.05. The molecule has 2 rings (SSSR count). The maximum atomic E-state index is 12.4. The van der Waals surface area contributed by atoms with E-state index in [0.29, 0.717) is 22.8 Å². The number of anilines is 2. The number of aliphatic imine (C=N–C) groups is 1. The number of nitrogens with two attached hydrogens (primary N) is 1. The van der Waals surface area contributed by atoms with Gasteiger partial charge in [0.15, 0.2) is 0 Å². The Morgan fingerprint density at radius 2 is 2.09 bits per heavy atom. The van der Waals surface area contributed by atoms with Crippen LogP contribution in [0, 0.1) is 10.8 Å². The van der Waals surface area contributed by atoms with Gasteiger partial charge in [0.25, 0.3) is 5.91 Å². The van der Waals surface area contributed by atoms with Gasteiger partial charge in [-0.1, -0.05) is 0 Å². The summed E-state index contributed by atoms with van der Waals surface area (Å²) in [6.45, 7) is 3.67. The van der Waals surface area contributed by atoms with E-state index in [-0.39, 0.29) is 5.57 Å². The molecule has 0 aliphatic carbocycles. The Morgan fingerprint density at radius 1 is 1.35 bits per heavy atom. The number of allylic oxidation sites excluding steroid dienone is 2. The van der Waals surface area contributed by atoms with Crippen LogP contribution >= 0.6 is 0 Å². The molecule has 118 valence electrons. The molecule has 0 aromatic heterocycles. The molecule has 23 heavy (non-hydrogen) atoms. The number of hydrogen-bond donors (Lipinski definition) is 5. The lowest BCUT2D eigenvalue weighted by Crippen LogP contribution is -2.24. The van der Waals surface area contributed by atoms with Crippen LogP contribution in [0.3, 0.4) is 0 Å². The number of nitrogen functional groups attached to an aromatic ring is 1. The first-order valence-electron chi connectivity index (χ1n) is 6.91. The standard InChI is InChI=1S/C16H18N6O/c1-9-5-10(2)21-15(20-9)13(8-18)16(23)22-12-3-4-14(19)11(6-12)7-17/h3-8,17-18,20H,19H2,1-2H3,(H,22,23)/b15-13-,17-7?,18-8?. The van der Waals surface area contributed by atoms with Gasteiger partial charge in [0.1, 0.15) is 5.82 Å². The largest absolute Gasteiger partial charge is 0.398 e. The fourth-order valence-corrected chi connectivity index (χ4v) is 2.12. The quantitative estimate of drug-likeness (QED) is 0.331. The average Bonchev–Trinajstić information content (AvgIpc) is 2.49. The van der Waals surface area contributed by atoms with Gasteiger partial charge >= 0.3 is 0 Å². The van der Waals surface area contributed by atoms with Crippen LogP contribution in [0.2, 0.25) is 0 Å². The van der Waals surface area contributed by atoms with E-state index < -0.39 is 5.91 Å². The van der Waals surface area contributed by atoms with E-state index in [2.05, 4.69) is 15.6 Å². The van der Waals surface area contributed by atoms with E-state index in [0.717, 1.165) is 23.8 Å². The van der Waals surface area contributed by atoms with Crippen molar-refractivity contribution in [2.45, 2.75) is 13.8 Å². The van der Waals surface area contributed by atoms with E-state index in [1.54, 1.807) is 18.2 Å². The predicted octanol–water partition coefficient (Wildman–Crippen LogP) is 2.03. The molecule has 0 saturated heterocycles. The van der Waals surface area contributed by atoms with Crippen LogP contribution in [0.1, 0.15) is 19.4 Å². The van der Waals surface area contributed by atoms with E-state index in [4.69, 9.17) is 16.6 Å². The van der Waals surface area contributed by atoms with Crippen LogP contribution in [0.4, 0.5) is 11.4 Å². The van der Waals surface area contributed by atoms with E-state index >= 15 is 0 Å². The molecular formula is C16H18N6O. The van der Waals surface area contributed by atoms with Crippen molar-refractivity contribution in [1.82, 2.24) is 5.32 Å². The fraction of sp³-hybridized carbons (Fsp3) is 0.125. The van der Waals surface area contributed by atoms with Crippen LogP contribution in [-0.4, -0.2) is 24.0 Å². The molecule has 1 heterocycles. The highest BCUT2D eigenvalue weighted by atomic mass is 16.1. The van der Waals surface area contributed by atoms with Gasteiger partial charge < -0.3 is 27.2 Å². The Kier molecular flexibility index (Phi) is 4.70. The Bertz CT molecular complexity index is 773. The van der Waals surface area contributed by atoms with Gasteiger partial charge in [-0.05, 0) is 38.1 Å². The molecule has 1 amide bonds. The minimum Gasteiger partial charge on any atom is -0.398 e. The number of hydrogen-bond acceptors (Lipinski definition) is 6. The van der Waals surface area contributed by atoms with Gasteiger partial charge in [0, 0.05) is 40.8 Å². The highest BCUT2D eigenvalue weighted by Crippen LogP contribution is 2.18. The van der Waals surface area contributed by atoms with Crippen LogP contribution in [-0.2, 0) is 4.79 Å². The number of benzene rings is 1. The number of nitrogens with one attached hydrogen (secondary N) is 4. The van der Waals surface area contributed by atoms with Crippen molar-refractivity contribution in [3.8, 4) is 0 Å². The third kappa shape index (κ3) is 3.70. The zero-order valence-corrected chi connectivity index (χ0v) is 12.9. The van der Waals surface area contributed by atoms with Crippen molar-refractivity contribution in [3.05, 3.63) is 46.9 Å². The van der Waals surface area contributed by atoms with E-state index in [9.17, 15) is 4.79 Å². The SMILES string of the molecule is CC1=CC(C)=N/C(=C(/C=N)C(=O)Nc2ccc(N)c(C=N)c2)N1. The molecule has 1 aromatic carbocycles. The summed E-state index contributed by atoms with van der Waals surface area (Å²) in [6.07, 6.45) is 3.92. The first-order valence-corrected chi connectivity index (χ1v) is 6.91. The van der Waals surface area contributed by atoms with Crippen LogP contribution in [0.5, 0.6) is 0 Å². The van der Waals surface area contributed by atoms with Gasteiger partial charge in [0.2, 0.25) is 0 Å². The number of carbonyl (C=O) groups excluding carboxylic acids is 1. The summed E-state index contributed by atoms with van der Waals surface area (Å²) in [5.41, 5.74) is 8.89. The topological polar surface area (TPSA) is 127 Å². The molecule has 1 aromatic rings. The molecule has 7 heteroatoms. The molecule has 1 aliphatic rings. The lowest BCUT2D eigenvalue weighted by molar-refractivity contribution is -0.112. The molecule has 0 fully saturated rings. The van der Waals surface area contributed by atoms with Crippen molar-refractivity contribution in [2.24, 2.45) is 4.99 Å². The third-order valence-corrected chi connectivity index (χ3v) is 3.17. The van der Waals surface area contributed by atoms with E-state index in [1.165, 1.54) is 0 Å². The molecule has 0 spiro atoms. The Morgan fingerprint density at radius 3 is 2.70 bits per heavy atom. The highest BCUT2D eigenvalue weighted by molar-refractivity contribution is 6.18. The van der Waals surface area contributed by atoms with Gasteiger partial charge in [0.05, 0.1) is 5.57 Å². The molecule has 0 unspecified atom stereocenters. The third-order valence-electron chi connectivity index (χ3n) is 3.17. The summed E-state index contributed by atoms with van der Waals surface area (Å²) in [5.74, 6) is -0.132. The summed E-state index contributed by atoms with van der Waals surface area (Å²) in [7, 11) is 0. The number of rotatable bonds is 4. The average molecular weight is 310 g/mol. The monoisotopic (exact) mass is 310 g/mol. The van der Waals surface area contributed by atoms with Crippen LogP contribution in [0.15, 0.2) is 46.4 Å². The fourth-order valence-electron chi connectivity index (χ4n) is 2.12. The lowest BCUT2D eigenvalue weighted by Gasteiger charge is -2.16. The molecule has 0 atom stereocenters. The second kappa shape index (κ2) is 6.69. The van der Waals surface area contributed by atoms with Crippen molar-refractivity contribution < 1.29 is 4.79 Å². The summed E-state index contributed by atoms with van der Waals surface area (Å²) < 4.78 is 0. The molecule has 0 bridgehead atoms. The van der Waals surface area contributed by atoms with Crippen LogP contribution < -0.4 is 16.4 Å². The minimum absolute atomic E-state index is 0.116. The lowest BCUT2D eigenvalue weighted by atomic mass is 10.1. The first kappa shape index (κ1) is 16.2. The summed E-state index contributed by atoms with van der Waals surface area (Å²) >= 11 is 0. The number of nitrogens with zero attached hydrogens (tertiary/aromatic N) is 1.